The van der Waals surface area contributed by atoms with Crippen LogP contribution in [0.2, 0.25) is 0 Å². The molecule has 214 valence electrons. The Morgan fingerprint density at radius 3 is 2.26 bits per heavy atom. The van der Waals surface area contributed by atoms with Gasteiger partial charge in [0, 0.05) is 32.3 Å². The molecule has 10 heteroatoms. The van der Waals surface area contributed by atoms with Crippen LogP contribution in [0.1, 0.15) is 74.6 Å². The van der Waals surface area contributed by atoms with Gasteiger partial charge in [-0.3, -0.25) is 14.4 Å². The topological polar surface area (TPSA) is 97.4 Å². The number of rotatable bonds is 11. The summed E-state index contributed by atoms with van der Waals surface area (Å²) in [5.41, 5.74) is -1.40. The third kappa shape index (κ3) is 5.68. The van der Waals surface area contributed by atoms with Gasteiger partial charge in [0.2, 0.25) is 4.87 Å². The number of methoxy groups -OCH3 is 2. The van der Waals surface area contributed by atoms with Crippen molar-refractivity contribution in [3.05, 3.63) is 46.6 Å². The van der Waals surface area contributed by atoms with E-state index in [0.717, 1.165) is 18.4 Å². The summed E-state index contributed by atoms with van der Waals surface area (Å²) >= 11 is 13.5. The summed E-state index contributed by atoms with van der Waals surface area (Å²) in [5.74, 6) is -2.07. The molecule has 1 aliphatic heterocycles. The lowest BCUT2D eigenvalue weighted by molar-refractivity contribution is -0.170. The second-order valence-electron chi connectivity index (χ2n) is 10.6. The summed E-state index contributed by atoms with van der Waals surface area (Å²) in [6, 6.07) is 2.82. The molecule has 0 N–H and O–H groups in total. The molecule has 0 bridgehead atoms. The highest BCUT2D eigenvalue weighted by Crippen LogP contribution is 2.55. The minimum absolute atomic E-state index is 0.0235. The van der Waals surface area contributed by atoms with Gasteiger partial charge in [-0.05, 0) is 53.5 Å². The molecule has 3 rings (SSSR count). The maximum atomic E-state index is 14.5. The van der Waals surface area contributed by atoms with Crippen molar-refractivity contribution in [2.24, 2.45) is 0 Å². The average molecular weight is 584 g/mol. The average Bonchev–Trinajstić information content (AvgIpc) is 2.88. The van der Waals surface area contributed by atoms with Gasteiger partial charge >= 0.3 is 0 Å². The molecule has 1 aromatic carbocycles. The van der Waals surface area contributed by atoms with Crippen molar-refractivity contribution in [3.8, 4) is 11.5 Å². The zero-order valence-corrected chi connectivity index (χ0v) is 25.0. The number of hydrogen-bond acceptors (Lipinski definition) is 8. The third-order valence-electron chi connectivity index (χ3n) is 6.91. The number of carbonyl (C=O) groups is 3. The van der Waals surface area contributed by atoms with Gasteiger partial charge in [0.1, 0.15) is 16.9 Å². The molecule has 3 atom stereocenters. The zero-order valence-electron chi connectivity index (χ0n) is 23.4. The SMILES string of the molecule is COCOc1cc(OCOC)c2c(c1)C(=O)[C@@]1(C/C=C(\C)CCC=C(C)C)OC(C)(C)[C@@H](Cl)C(=O)[C@@]1(Cl)C2=O. The van der Waals surface area contributed by atoms with Crippen molar-refractivity contribution in [1.29, 1.82) is 0 Å². The lowest BCUT2D eigenvalue weighted by atomic mass is 9.63. The minimum Gasteiger partial charge on any atom is -0.467 e. The Kier molecular flexibility index (Phi) is 9.71. The number of ketones is 3. The summed E-state index contributed by atoms with van der Waals surface area (Å²) < 4.78 is 27.6. The Bertz CT molecular complexity index is 1200. The van der Waals surface area contributed by atoms with E-state index in [0.29, 0.717) is 0 Å². The number of fused-ring (bicyclic) bond motifs is 2. The second-order valence-corrected chi connectivity index (χ2v) is 11.6. The normalized spacial score (nSPS) is 26.1. The highest BCUT2D eigenvalue weighted by Gasteiger charge is 2.74. The van der Waals surface area contributed by atoms with E-state index in [-0.39, 0.29) is 42.6 Å². The van der Waals surface area contributed by atoms with Gasteiger partial charge in [0.15, 0.2) is 36.5 Å². The first-order valence-corrected chi connectivity index (χ1v) is 13.5. The van der Waals surface area contributed by atoms with Gasteiger partial charge in [-0.25, -0.2) is 0 Å². The van der Waals surface area contributed by atoms with Crippen molar-refractivity contribution in [2.45, 2.75) is 75.3 Å². The van der Waals surface area contributed by atoms with E-state index in [9.17, 15) is 14.4 Å². The molecule has 1 fully saturated rings. The van der Waals surface area contributed by atoms with Gasteiger partial charge in [0.25, 0.3) is 0 Å². The number of ether oxygens (including phenoxy) is 5. The molecule has 8 nitrogen and oxygen atoms in total. The molecule has 0 spiro atoms. The number of allylic oxidation sites excluding steroid dienone is 3. The van der Waals surface area contributed by atoms with Crippen molar-refractivity contribution < 1.29 is 38.1 Å². The summed E-state index contributed by atoms with van der Waals surface area (Å²) in [6.07, 6.45) is 5.32. The molecule has 0 aromatic heterocycles. The first-order valence-electron chi connectivity index (χ1n) is 12.6. The quantitative estimate of drug-likeness (QED) is 0.139. The Morgan fingerprint density at radius 1 is 1.00 bits per heavy atom. The first kappa shape index (κ1) is 31.3. The number of carbonyl (C=O) groups excluding carboxylic acids is 3. The summed E-state index contributed by atoms with van der Waals surface area (Å²) in [6.45, 7) is 8.82. The molecule has 0 unspecified atom stereocenters. The van der Waals surface area contributed by atoms with E-state index in [1.807, 2.05) is 20.8 Å². The molecule has 1 saturated heterocycles. The fourth-order valence-electron chi connectivity index (χ4n) is 4.88. The molecule has 1 aliphatic carbocycles. The molecule has 0 saturated carbocycles. The van der Waals surface area contributed by atoms with Gasteiger partial charge in [-0.2, -0.15) is 0 Å². The highest BCUT2D eigenvalue weighted by molar-refractivity contribution is 6.58. The smallest absolute Gasteiger partial charge is 0.203 e. The molecule has 0 amide bonds. The number of benzene rings is 1. The van der Waals surface area contributed by atoms with Crippen molar-refractivity contribution in [2.75, 3.05) is 27.8 Å². The van der Waals surface area contributed by atoms with Crippen LogP contribution >= 0.6 is 23.2 Å². The van der Waals surface area contributed by atoms with E-state index in [1.54, 1.807) is 19.9 Å². The van der Waals surface area contributed by atoms with Crippen LogP contribution in [-0.4, -0.2) is 66.6 Å². The van der Waals surface area contributed by atoms with Crippen LogP contribution in [-0.2, 0) is 19.0 Å². The van der Waals surface area contributed by atoms with Crippen LogP contribution in [0, 0.1) is 0 Å². The van der Waals surface area contributed by atoms with Gasteiger partial charge < -0.3 is 23.7 Å². The van der Waals surface area contributed by atoms with Crippen LogP contribution in [0.3, 0.4) is 0 Å². The predicted molar refractivity (Wildman–Crippen MR) is 148 cm³/mol. The number of Topliss-reactive ketones (excluding diaryl/α,β-unsaturated/α-hetero) is 3. The summed E-state index contributed by atoms with van der Waals surface area (Å²) in [4.78, 5) is 40.1. The second kappa shape index (κ2) is 12.1. The zero-order chi connectivity index (χ0) is 29.2. The van der Waals surface area contributed by atoms with Crippen LogP contribution in [0.5, 0.6) is 11.5 Å². The van der Waals surface area contributed by atoms with Crippen molar-refractivity contribution >= 4 is 40.6 Å². The number of alkyl halides is 2. The maximum absolute atomic E-state index is 14.5. The molecule has 1 heterocycles. The van der Waals surface area contributed by atoms with Gasteiger partial charge in [-0.15, -0.1) is 11.6 Å². The lowest BCUT2D eigenvalue weighted by Crippen LogP contribution is -2.76. The third-order valence-corrected chi connectivity index (χ3v) is 8.29. The van der Waals surface area contributed by atoms with E-state index < -0.39 is 38.8 Å². The van der Waals surface area contributed by atoms with Gasteiger partial charge in [-0.1, -0.05) is 34.9 Å². The Hall–Kier alpha value is -2.23. The highest BCUT2D eigenvalue weighted by atomic mass is 35.5. The first-order chi connectivity index (χ1) is 18.3. The van der Waals surface area contributed by atoms with E-state index in [1.165, 1.54) is 31.9 Å². The number of halogens is 2. The van der Waals surface area contributed by atoms with E-state index >= 15 is 0 Å². The van der Waals surface area contributed by atoms with Crippen LogP contribution in [0.4, 0.5) is 0 Å². The van der Waals surface area contributed by atoms with Crippen LogP contribution in [0.15, 0.2) is 35.4 Å². The van der Waals surface area contributed by atoms with Crippen LogP contribution in [0.25, 0.3) is 0 Å². The van der Waals surface area contributed by atoms with E-state index in [4.69, 9.17) is 46.9 Å². The maximum Gasteiger partial charge on any atom is 0.203 e. The molecule has 1 aromatic rings. The van der Waals surface area contributed by atoms with Crippen LogP contribution < -0.4 is 9.47 Å². The standard InChI is InChI=1S/C29H36Cl2O8/c1-17(2)9-8-10-18(3)11-12-28-24(32)20-13-19(37-15-35-6)14-21(38-16-36-7)22(20)25(33)29(28,31)26(34)23(30)27(4,5)39-28/h9,11,13-14,23H,8,10,12,15-16H2,1-7H3/b18-11+/t23-,28+,29-/m0/s1. The monoisotopic (exact) mass is 582 g/mol. The molecule has 0 radical (unpaired) electrons. The number of hydrogen-bond donors (Lipinski definition) is 0. The Balaban J connectivity index is 2.25. The Morgan fingerprint density at radius 2 is 1.64 bits per heavy atom. The fourth-order valence-corrected chi connectivity index (χ4v) is 5.55. The largest absolute Gasteiger partial charge is 0.467 e. The van der Waals surface area contributed by atoms with Gasteiger partial charge in [0.05, 0.1) is 11.2 Å². The minimum atomic E-state index is -2.42. The predicted octanol–water partition coefficient (Wildman–Crippen LogP) is 5.82. The summed E-state index contributed by atoms with van der Waals surface area (Å²) in [5, 5.41) is -1.28. The van der Waals surface area contributed by atoms with E-state index in [2.05, 4.69) is 6.08 Å². The molecular weight excluding hydrogens is 547 g/mol. The molecular formula is C29H36Cl2O8. The van der Waals surface area contributed by atoms with Crippen molar-refractivity contribution in [1.82, 2.24) is 0 Å². The molecule has 39 heavy (non-hydrogen) atoms. The fraction of sp³-hybridized carbons (Fsp3) is 0.552. The Labute approximate surface area is 239 Å². The molecule has 2 aliphatic rings. The van der Waals surface area contributed by atoms with Crippen molar-refractivity contribution in [3.63, 3.8) is 0 Å². The lowest BCUT2D eigenvalue weighted by Gasteiger charge is -2.55. The summed E-state index contributed by atoms with van der Waals surface area (Å²) in [7, 11) is 2.86.